The summed E-state index contributed by atoms with van der Waals surface area (Å²) in [6.45, 7) is 1.30. The van der Waals surface area contributed by atoms with Crippen LogP contribution >= 0.6 is 0 Å². The van der Waals surface area contributed by atoms with Crippen molar-refractivity contribution in [3.63, 3.8) is 0 Å². The Hall–Kier alpha value is -2.01. The largest absolute Gasteiger partial charge is 0.390 e. The number of hydrogen-bond acceptors (Lipinski definition) is 3. The van der Waals surface area contributed by atoms with Crippen molar-refractivity contribution in [1.29, 1.82) is 0 Å². The van der Waals surface area contributed by atoms with Crippen LogP contribution in [0.4, 0.5) is 4.39 Å². The molecule has 5 heteroatoms. The van der Waals surface area contributed by atoms with Crippen LogP contribution in [0.1, 0.15) is 11.4 Å². The number of benzene rings is 1. The molecule has 0 fully saturated rings. The van der Waals surface area contributed by atoms with Gasteiger partial charge in [0.05, 0.1) is 12.3 Å². The molecular formula is C12H11FN2O2. The van der Waals surface area contributed by atoms with Crippen molar-refractivity contribution < 1.29 is 9.50 Å². The van der Waals surface area contributed by atoms with Crippen molar-refractivity contribution in [2.24, 2.45) is 0 Å². The van der Waals surface area contributed by atoms with Gasteiger partial charge in [0, 0.05) is 11.8 Å². The highest BCUT2D eigenvalue weighted by Crippen LogP contribution is 2.09. The van der Waals surface area contributed by atoms with Gasteiger partial charge in [0.1, 0.15) is 11.5 Å². The van der Waals surface area contributed by atoms with E-state index in [0.29, 0.717) is 11.4 Å². The standard InChI is InChI=1S/C12H11FN2O2/c1-8-6-12(17)11(7-16)14-15(8)10-4-2-9(13)3-5-10/h2-6,16H,7H2,1H3. The van der Waals surface area contributed by atoms with Crippen molar-refractivity contribution >= 4 is 0 Å². The molecule has 0 spiro atoms. The van der Waals surface area contributed by atoms with Gasteiger partial charge in [-0.05, 0) is 31.2 Å². The minimum absolute atomic E-state index is 0.0694. The molecule has 1 heterocycles. The zero-order chi connectivity index (χ0) is 12.4. The first kappa shape index (κ1) is 11.5. The van der Waals surface area contributed by atoms with E-state index in [4.69, 9.17) is 5.11 Å². The minimum atomic E-state index is -0.416. The van der Waals surface area contributed by atoms with Crippen molar-refractivity contribution in [2.75, 3.05) is 0 Å². The molecule has 0 saturated heterocycles. The van der Waals surface area contributed by atoms with Crippen LogP contribution in [0, 0.1) is 12.7 Å². The van der Waals surface area contributed by atoms with E-state index < -0.39 is 6.61 Å². The molecule has 0 radical (unpaired) electrons. The lowest BCUT2D eigenvalue weighted by Crippen LogP contribution is -2.18. The number of hydrogen-bond donors (Lipinski definition) is 1. The lowest BCUT2D eigenvalue weighted by molar-refractivity contribution is 0.273. The Kier molecular flexibility index (Phi) is 3.01. The second-order valence-corrected chi connectivity index (χ2v) is 3.64. The number of aromatic nitrogens is 2. The van der Waals surface area contributed by atoms with E-state index in [1.165, 1.54) is 22.9 Å². The number of aryl methyl sites for hydroxylation is 1. The molecule has 0 saturated carbocycles. The Balaban J connectivity index is 2.59. The zero-order valence-corrected chi connectivity index (χ0v) is 9.22. The molecule has 0 bridgehead atoms. The maximum absolute atomic E-state index is 12.8. The third-order valence-corrected chi connectivity index (χ3v) is 2.40. The lowest BCUT2D eigenvalue weighted by Gasteiger charge is -2.10. The highest BCUT2D eigenvalue weighted by Gasteiger charge is 2.06. The Morgan fingerprint density at radius 1 is 1.35 bits per heavy atom. The van der Waals surface area contributed by atoms with Crippen LogP contribution in [0.5, 0.6) is 0 Å². The van der Waals surface area contributed by atoms with Crippen molar-refractivity contribution in [3.05, 3.63) is 57.8 Å². The molecule has 1 aromatic carbocycles. The number of halogens is 1. The molecular weight excluding hydrogens is 223 g/mol. The summed E-state index contributed by atoms with van der Waals surface area (Å²) in [6, 6.07) is 7.13. The fraction of sp³-hybridized carbons (Fsp3) is 0.167. The summed E-state index contributed by atoms with van der Waals surface area (Å²) < 4.78 is 14.3. The number of aliphatic hydroxyl groups excluding tert-OH is 1. The summed E-state index contributed by atoms with van der Waals surface area (Å²) in [5.41, 5.74) is 1.03. The van der Waals surface area contributed by atoms with E-state index in [9.17, 15) is 9.18 Å². The Bertz CT molecular complexity index is 590. The van der Waals surface area contributed by atoms with Gasteiger partial charge in [0.25, 0.3) is 0 Å². The van der Waals surface area contributed by atoms with E-state index in [1.54, 1.807) is 19.1 Å². The van der Waals surface area contributed by atoms with Gasteiger partial charge in [-0.25, -0.2) is 9.07 Å². The van der Waals surface area contributed by atoms with Crippen LogP contribution in [0.3, 0.4) is 0 Å². The van der Waals surface area contributed by atoms with Gasteiger partial charge in [-0.15, -0.1) is 0 Å². The molecule has 0 atom stereocenters. The molecule has 0 aliphatic carbocycles. The molecule has 1 aromatic heterocycles. The molecule has 88 valence electrons. The SMILES string of the molecule is Cc1cc(=O)c(CO)nn1-c1ccc(F)cc1. The quantitative estimate of drug-likeness (QED) is 0.848. The summed E-state index contributed by atoms with van der Waals surface area (Å²) in [4.78, 5) is 11.4. The van der Waals surface area contributed by atoms with Gasteiger partial charge in [-0.1, -0.05) is 0 Å². The topological polar surface area (TPSA) is 55.1 Å². The predicted octanol–water partition coefficient (Wildman–Crippen LogP) is 1.17. The van der Waals surface area contributed by atoms with Crippen LogP contribution in [-0.2, 0) is 6.61 Å². The van der Waals surface area contributed by atoms with Gasteiger partial charge in [0.2, 0.25) is 5.43 Å². The van der Waals surface area contributed by atoms with E-state index in [0.717, 1.165) is 0 Å². The Morgan fingerprint density at radius 2 is 2.00 bits per heavy atom. The molecule has 0 aliphatic heterocycles. The summed E-state index contributed by atoms with van der Waals surface area (Å²) in [5.74, 6) is -0.338. The van der Waals surface area contributed by atoms with Gasteiger partial charge in [-0.2, -0.15) is 5.10 Å². The fourth-order valence-electron chi connectivity index (χ4n) is 1.54. The maximum Gasteiger partial charge on any atom is 0.206 e. The first-order valence-electron chi connectivity index (χ1n) is 5.08. The third kappa shape index (κ3) is 2.24. The fourth-order valence-corrected chi connectivity index (χ4v) is 1.54. The first-order valence-corrected chi connectivity index (χ1v) is 5.08. The van der Waals surface area contributed by atoms with Crippen LogP contribution in [-0.4, -0.2) is 14.9 Å². The summed E-state index contributed by atoms with van der Waals surface area (Å²) >= 11 is 0. The molecule has 2 aromatic rings. The highest BCUT2D eigenvalue weighted by molar-refractivity contribution is 5.32. The minimum Gasteiger partial charge on any atom is -0.390 e. The molecule has 0 aliphatic rings. The summed E-state index contributed by atoms with van der Waals surface area (Å²) in [5, 5.41) is 13.0. The maximum atomic E-state index is 12.8. The molecule has 0 unspecified atom stereocenters. The van der Waals surface area contributed by atoms with Gasteiger partial charge >= 0.3 is 0 Å². The van der Waals surface area contributed by atoms with Crippen molar-refractivity contribution in [1.82, 2.24) is 9.78 Å². The van der Waals surface area contributed by atoms with Gasteiger partial charge < -0.3 is 5.11 Å². The normalized spacial score (nSPS) is 10.5. The average molecular weight is 234 g/mol. The number of aliphatic hydroxyl groups is 1. The average Bonchev–Trinajstić information content (AvgIpc) is 2.31. The summed E-state index contributed by atoms with van der Waals surface area (Å²) in [6.07, 6.45) is 0. The predicted molar refractivity (Wildman–Crippen MR) is 60.5 cm³/mol. The Morgan fingerprint density at radius 3 is 2.59 bits per heavy atom. The highest BCUT2D eigenvalue weighted by atomic mass is 19.1. The van der Waals surface area contributed by atoms with Crippen LogP contribution in [0.25, 0.3) is 5.69 Å². The number of nitrogens with zero attached hydrogens (tertiary/aromatic N) is 2. The van der Waals surface area contributed by atoms with Crippen LogP contribution < -0.4 is 5.43 Å². The number of rotatable bonds is 2. The smallest absolute Gasteiger partial charge is 0.206 e. The lowest BCUT2D eigenvalue weighted by atomic mass is 10.3. The monoisotopic (exact) mass is 234 g/mol. The molecule has 1 N–H and O–H groups in total. The second-order valence-electron chi connectivity index (χ2n) is 3.64. The third-order valence-electron chi connectivity index (χ3n) is 2.40. The summed E-state index contributed by atoms with van der Waals surface area (Å²) in [7, 11) is 0. The molecule has 0 amide bonds. The van der Waals surface area contributed by atoms with Crippen LogP contribution in [0.15, 0.2) is 35.1 Å². The molecule has 2 rings (SSSR count). The van der Waals surface area contributed by atoms with Crippen LogP contribution in [0.2, 0.25) is 0 Å². The molecule has 17 heavy (non-hydrogen) atoms. The zero-order valence-electron chi connectivity index (χ0n) is 9.22. The van der Waals surface area contributed by atoms with E-state index >= 15 is 0 Å². The van der Waals surface area contributed by atoms with Crippen molar-refractivity contribution in [2.45, 2.75) is 13.5 Å². The Labute approximate surface area is 97.0 Å². The first-order chi connectivity index (χ1) is 8.11. The second kappa shape index (κ2) is 4.47. The van der Waals surface area contributed by atoms with Gasteiger partial charge in [-0.3, -0.25) is 4.79 Å². The van der Waals surface area contributed by atoms with Crippen molar-refractivity contribution in [3.8, 4) is 5.69 Å². The molecule has 4 nitrogen and oxygen atoms in total. The van der Waals surface area contributed by atoms with E-state index in [1.807, 2.05) is 0 Å². The van der Waals surface area contributed by atoms with Gasteiger partial charge in [0.15, 0.2) is 0 Å². The van der Waals surface area contributed by atoms with E-state index in [-0.39, 0.29) is 16.9 Å². The van der Waals surface area contributed by atoms with E-state index in [2.05, 4.69) is 5.10 Å².